The van der Waals surface area contributed by atoms with Crippen LogP contribution < -0.4 is 0 Å². The maximum Gasteiger partial charge on any atom is 0.292 e. The molecule has 1 unspecified atom stereocenters. The minimum absolute atomic E-state index is 0.0160. The fraction of sp³-hybridized carbons (Fsp3) is 0.545. The first-order valence-electron chi connectivity index (χ1n) is 5.60. The first-order valence-corrected chi connectivity index (χ1v) is 5.60. The Hall–Kier alpha value is -1.53. The molecule has 0 radical (unpaired) electrons. The van der Waals surface area contributed by atoms with E-state index < -0.39 is 0 Å². The number of nitrogens with zero attached hydrogens (tertiary/aromatic N) is 3. The lowest BCUT2D eigenvalue weighted by molar-refractivity contribution is -0.386. The smallest absolute Gasteiger partial charge is 0.292 e. The van der Waals surface area contributed by atoms with Gasteiger partial charge in [0.1, 0.15) is 6.20 Å². The van der Waals surface area contributed by atoms with Gasteiger partial charge in [-0.1, -0.05) is 0 Å². The summed E-state index contributed by atoms with van der Waals surface area (Å²) < 4.78 is 5.28. The number of rotatable bonds is 3. The second kappa shape index (κ2) is 5.20. The molecule has 1 saturated heterocycles. The lowest BCUT2D eigenvalue weighted by Gasteiger charge is -2.32. The number of hydrogen-bond acceptors (Lipinski definition) is 5. The van der Waals surface area contributed by atoms with Crippen LogP contribution in [0.2, 0.25) is 0 Å². The molecule has 1 aromatic rings. The average Bonchev–Trinajstić information content (AvgIpc) is 2.39. The highest BCUT2D eigenvalue weighted by Crippen LogP contribution is 2.28. The summed E-state index contributed by atoms with van der Waals surface area (Å²) in [5.41, 5.74) is 0.804. The summed E-state index contributed by atoms with van der Waals surface area (Å²) in [6, 6.07) is 1.74. The Morgan fingerprint density at radius 1 is 1.53 bits per heavy atom. The van der Waals surface area contributed by atoms with Crippen LogP contribution in [0.5, 0.6) is 0 Å². The predicted octanol–water partition coefficient (Wildman–Crippen LogP) is 1.38. The van der Waals surface area contributed by atoms with Gasteiger partial charge in [-0.3, -0.25) is 20.0 Å². The maximum atomic E-state index is 10.9. The summed E-state index contributed by atoms with van der Waals surface area (Å²) in [6.45, 7) is 4.96. The van der Waals surface area contributed by atoms with Crippen LogP contribution in [0.15, 0.2) is 18.5 Å². The van der Waals surface area contributed by atoms with Crippen molar-refractivity contribution < 1.29 is 9.66 Å². The summed E-state index contributed by atoms with van der Waals surface area (Å²) in [4.78, 5) is 16.6. The second-order valence-corrected chi connectivity index (χ2v) is 4.02. The highest BCUT2D eigenvalue weighted by atomic mass is 16.6. The van der Waals surface area contributed by atoms with Gasteiger partial charge in [-0.25, -0.2) is 0 Å². The highest BCUT2D eigenvalue weighted by molar-refractivity contribution is 5.38. The lowest BCUT2D eigenvalue weighted by Crippen LogP contribution is -2.38. The van der Waals surface area contributed by atoms with Crippen molar-refractivity contribution in [3.8, 4) is 0 Å². The summed E-state index contributed by atoms with van der Waals surface area (Å²) in [6.07, 6.45) is 2.91. The minimum atomic E-state index is -0.376. The SMILES string of the molecule is CC(c1ccncc1[N+](=O)[O-])N1CCOCC1. The van der Waals surface area contributed by atoms with Crippen LogP contribution in [0.1, 0.15) is 18.5 Å². The molecule has 1 aliphatic heterocycles. The summed E-state index contributed by atoms with van der Waals surface area (Å²) in [5.74, 6) is 0. The van der Waals surface area contributed by atoms with Crippen molar-refractivity contribution in [2.75, 3.05) is 26.3 Å². The Kier molecular flexibility index (Phi) is 3.65. The molecule has 1 fully saturated rings. The largest absolute Gasteiger partial charge is 0.379 e. The zero-order valence-corrected chi connectivity index (χ0v) is 9.70. The van der Waals surface area contributed by atoms with Crippen molar-refractivity contribution >= 4 is 5.69 Å². The van der Waals surface area contributed by atoms with Gasteiger partial charge in [-0.15, -0.1) is 0 Å². The van der Waals surface area contributed by atoms with Gasteiger partial charge < -0.3 is 4.74 Å². The lowest BCUT2D eigenvalue weighted by atomic mass is 10.1. The van der Waals surface area contributed by atoms with Crippen LogP contribution in [-0.4, -0.2) is 41.1 Å². The van der Waals surface area contributed by atoms with Gasteiger partial charge in [0.25, 0.3) is 5.69 Å². The van der Waals surface area contributed by atoms with Gasteiger partial charge in [-0.05, 0) is 13.0 Å². The van der Waals surface area contributed by atoms with Gasteiger partial charge in [0.15, 0.2) is 0 Å². The first-order chi connectivity index (χ1) is 8.20. The third kappa shape index (κ3) is 2.59. The zero-order chi connectivity index (χ0) is 12.3. The topological polar surface area (TPSA) is 68.5 Å². The van der Waals surface area contributed by atoms with E-state index in [0.717, 1.165) is 13.1 Å². The number of aromatic nitrogens is 1. The van der Waals surface area contributed by atoms with E-state index in [2.05, 4.69) is 9.88 Å². The molecule has 1 aromatic heterocycles. The molecule has 0 aromatic carbocycles. The van der Waals surface area contributed by atoms with Crippen LogP contribution in [0.3, 0.4) is 0 Å². The van der Waals surface area contributed by atoms with Gasteiger partial charge in [0.05, 0.1) is 18.1 Å². The molecule has 2 rings (SSSR count). The molecular weight excluding hydrogens is 222 g/mol. The van der Waals surface area contributed by atoms with Gasteiger partial charge >= 0.3 is 0 Å². The minimum Gasteiger partial charge on any atom is -0.379 e. The van der Waals surface area contributed by atoms with Crippen molar-refractivity contribution in [2.24, 2.45) is 0 Å². The van der Waals surface area contributed by atoms with Gasteiger partial charge in [-0.2, -0.15) is 0 Å². The molecule has 2 heterocycles. The quantitative estimate of drug-likeness (QED) is 0.587. The Morgan fingerprint density at radius 2 is 2.24 bits per heavy atom. The van der Waals surface area contributed by atoms with E-state index in [1.807, 2.05) is 6.92 Å². The number of nitro groups is 1. The Morgan fingerprint density at radius 3 is 2.88 bits per heavy atom. The highest BCUT2D eigenvalue weighted by Gasteiger charge is 2.24. The van der Waals surface area contributed by atoms with Crippen LogP contribution in [0.25, 0.3) is 0 Å². The van der Waals surface area contributed by atoms with Crippen LogP contribution >= 0.6 is 0 Å². The Labute approximate surface area is 99.4 Å². The van der Waals surface area contributed by atoms with Crippen LogP contribution in [-0.2, 0) is 4.74 Å². The number of pyridine rings is 1. The second-order valence-electron chi connectivity index (χ2n) is 4.02. The van der Waals surface area contributed by atoms with Crippen molar-refractivity contribution in [1.29, 1.82) is 0 Å². The van der Waals surface area contributed by atoms with E-state index in [4.69, 9.17) is 4.74 Å². The van der Waals surface area contributed by atoms with Crippen LogP contribution in [0.4, 0.5) is 5.69 Å². The molecule has 0 aliphatic carbocycles. The zero-order valence-electron chi connectivity index (χ0n) is 9.70. The monoisotopic (exact) mass is 237 g/mol. The number of morpholine rings is 1. The average molecular weight is 237 g/mol. The normalized spacial score (nSPS) is 18.9. The number of ether oxygens (including phenoxy) is 1. The molecule has 0 amide bonds. The van der Waals surface area contributed by atoms with Gasteiger partial charge in [0, 0.05) is 30.9 Å². The predicted molar refractivity (Wildman–Crippen MR) is 61.7 cm³/mol. The summed E-state index contributed by atoms with van der Waals surface area (Å²) >= 11 is 0. The standard InChI is InChI=1S/C11H15N3O3/c1-9(13-4-6-17-7-5-13)10-2-3-12-8-11(10)14(15)16/h2-3,8-9H,4-7H2,1H3. The molecule has 92 valence electrons. The van der Waals surface area contributed by atoms with Gasteiger partial charge in [0.2, 0.25) is 0 Å². The van der Waals surface area contributed by atoms with E-state index in [9.17, 15) is 10.1 Å². The molecular formula is C11H15N3O3. The third-order valence-corrected chi connectivity index (χ3v) is 3.07. The number of hydrogen-bond donors (Lipinski definition) is 0. The molecule has 17 heavy (non-hydrogen) atoms. The molecule has 0 N–H and O–H groups in total. The maximum absolute atomic E-state index is 10.9. The van der Waals surface area contributed by atoms with E-state index in [-0.39, 0.29) is 16.7 Å². The fourth-order valence-corrected chi connectivity index (χ4v) is 2.06. The van der Waals surface area contributed by atoms with Crippen molar-refractivity contribution in [3.63, 3.8) is 0 Å². The van der Waals surface area contributed by atoms with Crippen molar-refractivity contribution in [1.82, 2.24) is 9.88 Å². The molecule has 1 atom stereocenters. The van der Waals surface area contributed by atoms with E-state index in [0.29, 0.717) is 18.8 Å². The molecule has 0 bridgehead atoms. The first kappa shape index (κ1) is 11.9. The molecule has 0 spiro atoms. The Balaban J connectivity index is 2.23. The van der Waals surface area contributed by atoms with Crippen LogP contribution in [0, 0.1) is 10.1 Å². The van der Waals surface area contributed by atoms with E-state index >= 15 is 0 Å². The third-order valence-electron chi connectivity index (χ3n) is 3.07. The van der Waals surface area contributed by atoms with Crippen molar-refractivity contribution in [3.05, 3.63) is 34.1 Å². The van der Waals surface area contributed by atoms with E-state index in [1.165, 1.54) is 6.20 Å². The molecule has 6 nitrogen and oxygen atoms in total. The molecule has 0 saturated carbocycles. The van der Waals surface area contributed by atoms with Crippen molar-refractivity contribution in [2.45, 2.75) is 13.0 Å². The molecule has 1 aliphatic rings. The summed E-state index contributed by atoms with van der Waals surface area (Å²) in [5, 5.41) is 10.9. The summed E-state index contributed by atoms with van der Waals surface area (Å²) in [7, 11) is 0. The Bertz CT molecular complexity index is 405. The van der Waals surface area contributed by atoms with E-state index in [1.54, 1.807) is 12.3 Å². The fourth-order valence-electron chi connectivity index (χ4n) is 2.06. The molecule has 6 heteroatoms.